The zero-order valence-corrected chi connectivity index (χ0v) is 41.3. The Kier molecular flexibility index (Phi) is 16.7. The van der Waals surface area contributed by atoms with Gasteiger partial charge in [0.25, 0.3) is 22.9 Å². The van der Waals surface area contributed by atoms with Crippen LogP contribution >= 0.6 is 0 Å². The number of hydrogen-bond donors (Lipinski definition) is 2. The Morgan fingerprint density at radius 2 is 1.08 bits per heavy atom. The van der Waals surface area contributed by atoms with Gasteiger partial charge in [0.1, 0.15) is 24.0 Å². The second-order valence-electron chi connectivity index (χ2n) is 16.8. The summed E-state index contributed by atoms with van der Waals surface area (Å²) in [5.74, 6) is 2.90. The SMILES string of the molecule is COCc1ccccc1C(=O)NCCc1nc2ncccc2c(=O)n1CCc1ccc(OC)c(OCc2cnc3nc(CCNC(=O)c4ccccc4OC)n(CCc4ccc(OC)c(OC)c4)c(=O)c3c2)c1. The number of para-hydroxylation sites is 1. The number of rotatable bonds is 23. The zero-order valence-electron chi connectivity index (χ0n) is 41.3. The van der Waals surface area contributed by atoms with Crippen LogP contribution in [-0.4, -0.2) is 89.5 Å². The molecule has 0 saturated heterocycles. The molecule has 73 heavy (non-hydrogen) atoms. The maximum Gasteiger partial charge on any atom is 0.263 e. The molecular weight excluding hydrogens is 933 g/mol. The molecule has 0 atom stereocenters. The van der Waals surface area contributed by atoms with E-state index >= 15 is 0 Å². The van der Waals surface area contributed by atoms with E-state index in [4.69, 9.17) is 38.4 Å². The van der Waals surface area contributed by atoms with Crippen LogP contribution in [0.4, 0.5) is 0 Å². The first-order valence-corrected chi connectivity index (χ1v) is 23.6. The predicted molar refractivity (Wildman–Crippen MR) is 274 cm³/mol. The summed E-state index contributed by atoms with van der Waals surface area (Å²) in [6.07, 6.45) is 4.62. The monoisotopic (exact) mass is 988 g/mol. The lowest BCUT2D eigenvalue weighted by atomic mass is 10.1. The molecule has 0 fully saturated rings. The van der Waals surface area contributed by atoms with E-state index < -0.39 is 0 Å². The first-order valence-electron chi connectivity index (χ1n) is 23.6. The van der Waals surface area contributed by atoms with Crippen molar-refractivity contribution in [3.63, 3.8) is 0 Å². The van der Waals surface area contributed by atoms with Gasteiger partial charge in [-0.2, -0.15) is 0 Å². The summed E-state index contributed by atoms with van der Waals surface area (Å²) in [5.41, 5.74) is 4.10. The van der Waals surface area contributed by atoms with Crippen LogP contribution in [-0.2, 0) is 56.7 Å². The first kappa shape index (κ1) is 50.7. The normalized spacial score (nSPS) is 11.1. The zero-order chi connectivity index (χ0) is 51.3. The minimum atomic E-state index is -0.317. The van der Waals surface area contributed by atoms with Crippen LogP contribution in [0.3, 0.4) is 0 Å². The molecule has 0 aliphatic carbocycles. The van der Waals surface area contributed by atoms with E-state index in [1.807, 2.05) is 42.5 Å². The number of hydrogen-bond acceptors (Lipinski definition) is 14. The van der Waals surface area contributed by atoms with Gasteiger partial charge in [-0.3, -0.25) is 28.3 Å². The largest absolute Gasteiger partial charge is 0.496 e. The molecule has 2 amide bonds. The van der Waals surface area contributed by atoms with Crippen LogP contribution in [0.5, 0.6) is 28.7 Å². The molecule has 4 aromatic carbocycles. The number of benzene rings is 4. The highest BCUT2D eigenvalue weighted by atomic mass is 16.5. The fourth-order valence-corrected chi connectivity index (χ4v) is 8.50. The summed E-state index contributed by atoms with van der Waals surface area (Å²) >= 11 is 0. The van der Waals surface area contributed by atoms with Crippen molar-refractivity contribution < 1.29 is 38.0 Å². The number of pyridine rings is 2. The molecule has 4 aromatic heterocycles. The second kappa shape index (κ2) is 24.0. The average Bonchev–Trinajstić information content (AvgIpc) is 3.42. The van der Waals surface area contributed by atoms with E-state index in [0.717, 1.165) is 16.7 Å². The van der Waals surface area contributed by atoms with Gasteiger partial charge in [0.2, 0.25) is 0 Å². The summed E-state index contributed by atoms with van der Waals surface area (Å²) in [7, 11) is 7.78. The smallest absolute Gasteiger partial charge is 0.263 e. The van der Waals surface area contributed by atoms with E-state index in [0.29, 0.717) is 93.0 Å². The molecule has 18 heteroatoms. The van der Waals surface area contributed by atoms with Crippen molar-refractivity contribution in [1.29, 1.82) is 0 Å². The topological polar surface area (TPSA) is 209 Å². The highest BCUT2D eigenvalue weighted by Crippen LogP contribution is 2.30. The Labute approximate surface area is 420 Å². The predicted octanol–water partition coefficient (Wildman–Crippen LogP) is 6.09. The number of amides is 2. The summed E-state index contributed by atoms with van der Waals surface area (Å²) in [6, 6.07) is 30.5. The molecule has 8 rings (SSSR count). The number of methoxy groups -OCH3 is 5. The van der Waals surface area contributed by atoms with Crippen molar-refractivity contribution in [2.45, 2.75) is 52.0 Å². The Morgan fingerprint density at radius 1 is 0.521 bits per heavy atom. The van der Waals surface area contributed by atoms with Crippen molar-refractivity contribution in [3.05, 3.63) is 181 Å². The molecule has 0 saturated carbocycles. The Bertz CT molecular complexity index is 3390. The number of carbonyl (C=O) groups excluding carboxylic acids is 2. The lowest BCUT2D eigenvalue weighted by molar-refractivity contribution is 0.0941. The fourth-order valence-electron chi connectivity index (χ4n) is 8.50. The number of carbonyl (C=O) groups is 2. The van der Waals surface area contributed by atoms with Crippen molar-refractivity contribution >= 4 is 33.9 Å². The Balaban J connectivity index is 0.999. The number of nitrogens with one attached hydrogen (secondary N) is 2. The van der Waals surface area contributed by atoms with Crippen LogP contribution in [0.1, 0.15) is 54.6 Å². The number of nitrogens with zero attached hydrogens (tertiary/aromatic N) is 6. The summed E-state index contributed by atoms with van der Waals surface area (Å²) < 4.78 is 36.9. The van der Waals surface area contributed by atoms with Gasteiger partial charge in [0, 0.05) is 69.7 Å². The number of fused-ring (bicyclic) bond motifs is 2. The number of aryl methyl sites for hydroxylation is 2. The van der Waals surface area contributed by atoms with E-state index in [-0.39, 0.29) is 74.2 Å². The molecule has 0 radical (unpaired) electrons. The highest BCUT2D eigenvalue weighted by Gasteiger charge is 2.19. The van der Waals surface area contributed by atoms with E-state index in [1.165, 1.54) is 7.11 Å². The molecule has 0 unspecified atom stereocenters. The summed E-state index contributed by atoms with van der Waals surface area (Å²) in [5, 5.41) is 6.58. The second-order valence-corrected chi connectivity index (χ2v) is 16.8. The van der Waals surface area contributed by atoms with Gasteiger partial charge in [-0.25, -0.2) is 19.9 Å². The summed E-state index contributed by atoms with van der Waals surface area (Å²) in [6.45, 7) is 1.31. The lowest BCUT2D eigenvalue weighted by Gasteiger charge is -2.16. The van der Waals surface area contributed by atoms with Gasteiger partial charge in [0.05, 0.1) is 51.4 Å². The third-order valence-corrected chi connectivity index (χ3v) is 12.3. The lowest BCUT2D eigenvalue weighted by Crippen LogP contribution is -2.31. The van der Waals surface area contributed by atoms with Crippen LogP contribution in [0.15, 0.2) is 125 Å². The minimum absolute atomic E-state index is 0.0391. The fraction of sp³-hybridized carbons (Fsp3) is 0.273. The minimum Gasteiger partial charge on any atom is -0.496 e. The average molecular weight is 989 g/mol. The maximum absolute atomic E-state index is 14.5. The van der Waals surface area contributed by atoms with E-state index in [9.17, 15) is 19.2 Å². The van der Waals surface area contributed by atoms with Gasteiger partial charge in [-0.1, -0.05) is 42.5 Å². The molecule has 376 valence electrons. The van der Waals surface area contributed by atoms with Gasteiger partial charge >= 0.3 is 0 Å². The standard InChI is InChI=1S/C55H56N8O10/c1-68-34-38-11-6-7-12-39(38)52(64)57-25-20-48-60-50-41(14-10-24-56-50)54(66)62(48)27-23-36-17-19-45(71-4)47(31-36)73-33-37-29-42-51(59-32-37)61-49(21-26-58-53(65)40-13-8-9-15-43(40)69-2)63(55(42)67)28-22-35-16-18-44(70-3)46(30-35)72-5/h6-19,24,29-32H,20-23,25-28,33-34H2,1-5H3,(H,57,64)(H,58,65). The quantitative estimate of drug-likeness (QED) is 0.0744. The molecular formula is C55H56N8O10. The first-order chi connectivity index (χ1) is 35.6. The van der Waals surface area contributed by atoms with Crippen LogP contribution in [0.2, 0.25) is 0 Å². The maximum atomic E-state index is 14.5. The molecule has 0 aliphatic rings. The molecule has 8 aromatic rings. The molecule has 18 nitrogen and oxygen atoms in total. The highest BCUT2D eigenvalue weighted by molar-refractivity contribution is 5.97. The number of aromatic nitrogens is 6. The van der Waals surface area contributed by atoms with Crippen LogP contribution in [0.25, 0.3) is 22.1 Å². The van der Waals surface area contributed by atoms with Gasteiger partial charge in [-0.05, 0) is 90.2 Å². The van der Waals surface area contributed by atoms with Crippen molar-refractivity contribution in [3.8, 4) is 28.7 Å². The third kappa shape index (κ3) is 11.9. The van der Waals surface area contributed by atoms with Crippen molar-refractivity contribution in [2.75, 3.05) is 48.6 Å². The molecule has 4 heterocycles. The Morgan fingerprint density at radius 3 is 1.73 bits per heavy atom. The van der Waals surface area contributed by atoms with Crippen molar-refractivity contribution in [2.24, 2.45) is 0 Å². The molecule has 0 bridgehead atoms. The third-order valence-electron chi connectivity index (χ3n) is 12.3. The van der Waals surface area contributed by atoms with E-state index in [1.54, 1.807) is 111 Å². The Hall–Kier alpha value is -8.64. The summed E-state index contributed by atoms with van der Waals surface area (Å²) in [4.78, 5) is 73.3. The van der Waals surface area contributed by atoms with Gasteiger partial charge in [-0.15, -0.1) is 0 Å². The van der Waals surface area contributed by atoms with Gasteiger partial charge < -0.3 is 39.1 Å². The van der Waals surface area contributed by atoms with Crippen molar-refractivity contribution in [1.82, 2.24) is 39.7 Å². The molecule has 0 aliphatic heterocycles. The molecule has 2 N–H and O–H groups in total. The van der Waals surface area contributed by atoms with Crippen LogP contribution in [0, 0.1) is 0 Å². The van der Waals surface area contributed by atoms with Crippen LogP contribution < -0.4 is 45.4 Å². The van der Waals surface area contributed by atoms with Gasteiger partial charge in [0.15, 0.2) is 34.3 Å². The number of ether oxygens (including phenoxy) is 6. The van der Waals surface area contributed by atoms with E-state index in [2.05, 4.69) is 20.6 Å². The molecule has 0 spiro atoms.